The Morgan fingerprint density at radius 2 is 0.526 bits per heavy atom. The van der Waals surface area contributed by atoms with E-state index in [1.54, 1.807) is 28.4 Å². The molecule has 0 spiro atoms. The third-order valence-electron chi connectivity index (χ3n) is 20.2. The number of aliphatic hydroxyl groups excluding tert-OH is 2. The third-order valence-corrected chi connectivity index (χ3v) is 20.2. The van der Waals surface area contributed by atoms with E-state index in [2.05, 4.69) is 154 Å². The van der Waals surface area contributed by atoms with Crippen molar-refractivity contribution in [2.75, 3.05) is 271 Å². The van der Waals surface area contributed by atoms with Gasteiger partial charge in [0.2, 0.25) is 0 Å². The number of hydrogen-bond acceptors (Lipinski definition) is 29. The summed E-state index contributed by atoms with van der Waals surface area (Å²) >= 11 is 0. The van der Waals surface area contributed by atoms with Crippen LogP contribution < -0.4 is 23.8 Å². The maximum Gasteiger partial charge on any atom is 0.293 e. The van der Waals surface area contributed by atoms with Gasteiger partial charge in [0.15, 0.2) is 0 Å². The van der Waals surface area contributed by atoms with E-state index in [9.17, 15) is 9.59 Å². The normalized spacial score (nSPS) is 11.0. The number of aryl methyl sites for hydroxylation is 10. The first-order valence-electron chi connectivity index (χ1n) is 46.1. The minimum atomic E-state index is 0.0324. The Morgan fingerprint density at radius 1 is 0.252 bits per heavy atom. The average Bonchev–Trinajstić information content (AvgIpc) is 0.800. The molecule has 9 rings (SSSR count). The highest BCUT2D eigenvalue weighted by Gasteiger charge is 2.18. The molecule has 0 aliphatic rings. The van der Waals surface area contributed by atoms with Crippen molar-refractivity contribution in [1.29, 1.82) is 0 Å². The largest absolute Gasteiger partial charge is 0.491 e. The Labute approximate surface area is 800 Å². The molecule has 0 saturated heterocycles. The van der Waals surface area contributed by atoms with Crippen molar-refractivity contribution in [3.8, 4) is 23.0 Å². The van der Waals surface area contributed by atoms with Gasteiger partial charge in [0, 0.05) is 56.6 Å². The van der Waals surface area contributed by atoms with Gasteiger partial charge >= 0.3 is 0 Å². The molecule has 0 radical (unpaired) electrons. The van der Waals surface area contributed by atoms with E-state index < -0.39 is 0 Å². The number of benzene rings is 9. The van der Waals surface area contributed by atoms with Gasteiger partial charge in [-0.15, -0.1) is 0 Å². The maximum absolute atomic E-state index is 10.6. The fourth-order valence-electron chi connectivity index (χ4n) is 13.2. The second kappa shape index (κ2) is 74.8. The number of para-hydroxylation sites is 1. The first-order chi connectivity index (χ1) is 65.9. The number of hydrogen-bond donors (Lipinski definition) is 2. The molecule has 0 aliphatic carbocycles. The Morgan fingerprint density at radius 3 is 0.830 bits per heavy atom. The Balaban J connectivity index is 0.000000299. The van der Waals surface area contributed by atoms with Crippen LogP contribution in [0.1, 0.15) is 77.9 Å². The van der Waals surface area contributed by atoms with Gasteiger partial charge in [0.25, 0.3) is 12.9 Å². The van der Waals surface area contributed by atoms with Gasteiger partial charge in [0.1, 0.15) is 62.6 Å². The quantitative estimate of drug-likeness (QED) is 0.0264. The van der Waals surface area contributed by atoms with E-state index in [1.165, 1.54) is 39.3 Å². The molecule has 29 nitrogen and oxygen atoms in total. The molecule has 29 heteroatoms. The lowest BCUT2D eigenvalue weighted by Gasteiger charge is -2.25. The second-order valence-electron chi connectivity index (χ2n) is 30.9. The summed E-state index contributed by atoms with van der Waals surface area (Å²) in [6.07, 6.45) is 0. The molecule has 9 aromatic rings. The van der Waals surface area contributed by atoms with Crippen molar-refractivity contribution in [2.24, 2.45) is 0 Å². The lowest BCUT2D eigenvalue weighted by atomic mass is 9.99. The predicted octanol–water partition coefficient (Wildman–Crippen LogP) is 16.0. The SMILES string of the molecule is COCCOCCOCCOc1c(COC=O)cc2cc(C)ccc2c1C.COCCOCCOCCOc1c(COC=O)cc2cc(C)ccc2c1C.COCCOCCOCCOc1cc(C)c(COCCOCCOCCO)cc1C.COCCOCCOCCOc1cc(C)c(COCCOCCOCCO)cc1C.Cc1ccc(N(c2ccccc2)c2ccc(C)cc2)cc1. The number of nitrogens with zero attached hydrogens (tertiary/aromatic N) is 1. The first kappa shape index (κ1) is 116. The summed E-state index contributed by atoms with van der Waals surface area (Å²) in [6, 6.07) is 52.6. The Kier molecular flexibility index (Phi) is 64.3. The van der Waals surface area contributed by atoms with Crippen LogP contribution in [0.3, 0.4) is 0 Å². The van der Waals surface area contributed by atoms with Crippen LogP contribution in [0.4, 0.5) is 17.1 Å². The van der Waals surface area contributed by atoms with E-state index >= 15 is 0 Å². The predicted molar refractivity (Wildman–Crippen MR) is 524 cm³/mol. The zero-order valence-electron chi connectivity index (χ0n) is 82.3. The van der Waals surface area contributed by atoms with Crippen molar-refractivity contribution < 1.29 is 133 Å². The first-order valence-corrected chi connectivity index (χ1v) is 46.1. The standard InChI is InChI=1S/2C22H38O8.2C21H28O6.C20H19N/c2*1-19-17-22(30-15-14-28-11-10-26-7-6-24-3)20(2)16-21(19)18-29-13-12-27-9-8-25-5-4-23;2*1-16-4-5-20-17(2)21(19(14-26-15-22)13-18(20)12-16)27-11-10-25-9-8-24-7-6-23-3;1-16-8-12-19(13-9-16)21(18-6-4-3-5-7-18)20-14-10-17(2)11-15-20/h2*16-17,23H,4-15,18H2,1-3H3;2*4-5,12-13,15H,6-11,14H2,1-3H3;3-15H,1-2H3. The summed E-state index contributed by atoms with van der Waals surface area (Å²) in [4.78, 5) is 23.5. The van der Waals surface area contributed by atoms with Crippen LogP contribution in [-0.2, 0) is 131 Å². The zero-order chi connectivity index (χ0) is 97.4. The van der Waals surface area contributed by atoms with E-state index in [-0.39, 0.29) is 26.4 Å². The molecule has 0 aromatic heterocycles. The van der Waals surface area contributed by atoms with Crippen molar-refractivity contribution in [1.82, 2.24) is 0 Å². The summed E-state index contributed by atoms with van der Waals surface area (Å²) in [6.45, 7) is 40.2. The summed E-state index contributed by atoms with van der Waals surface area (Å²) < 4.78 is 129. The topological polar surface area (TPSA) is 299 Å². The highest BCUT2D eigenvalue weighted by molar-refractivity contribution is 5.90. The summed E-state index contributed by atoms with van der Waals surface area (Å²) in [5, 5.41) is 21.7. The highest BCUT2D eigenvalue weighted by Crippen LogP contribution is 2.37. The van der Waals surface area contributed by atoms with Gasteiger partial charge in [0.05, 0.1) is 225 Å². The molecular formula is C106H151NO28. The van der Waals surface area contributed by atoms with Crippen LogP contribution >= 0.6 is 0 Å². The molecule has 0 unspecified atom stereocenters. The van der Waals surface area contributed by atoms with Crippen molar-refractivity contribution >= 4 is 51.6 Å². The van der Waals surface area contributed by atoms with E-state index in [4.69, 9.17) is 124 Å². The van der Waals surface area contributed by atoms with Crippen LogP contribution in [-0.4, -0.2) is 289 Å². The molecule has 0 fully saturated rings. The molecule has 0 amide bonds. The third kappa shape index (κ3) is 49.5. The van der Waals surface area contributed by atoms with Crippen molar-refractivity contribution in [3.63, 3.8) is 0 Å². The molecule has 9 aromatic carbocycles. The molecule has 0 saturated carbocycles. The Bertz CT molecular complexity index is 4200. The van der Waals surface area contributed by atoms with Gasteiger partial charge in [-0.2, -0.15) is 0 Å². The molecular weight excluding hydrogens is 1740 g/mol. The van der Waals surface area contributed by atoms with Crippen molar-refractivity contribution in [2.45, 2.75) is 95.7 Å². The zero-order valence-corrected chi connectivity index (χ0v) is 82.3. The van der Waals surface area contributed by atoms with Crippen LogP contribution in [0.2, 0.25) is 0 Å². The average molecular weight is 1890 g/mol. The fourth-order valence-corrected chi connectivity index (χ4v) is 13.2. The molecule has 748 valence electrons. The van der Waals surface area contributed by atoms with Gasteiger partial charge in [-0.05, 0) is 208 Å². The molecule has 0 aliphatic heterocycles. The summed E-state index contributed by atoms with van der Waals surface area (Å²) in [7, 11) is 6.58. The number of rotatable bonds is 69. The number of carbonyl (C=O) groups is 2. The van der Waals surface area contributed by atoms with E-state index in [1.807, 2.05) is 71.9 Å². The van der Waals surface area contributed by atoms with E-state index in [0.717, 1.165) is 100 Å². The summed E-state index contributed by atoms with van der Waals surface area (Å²) in [5.74, 6) is 3.21. The van der Waals surface area contributed by atoms with Gasteiger partial charge in [-0.3, -0.25) is 9.59 Å². The molecule has 0 heterocycles. The smallest absolute Gasteiger partial charge is 0.293 e. The van der Waals surface area contributed by atoms with Crippen LogP contribution in [0.25, 0.3) is 21.5 Å². The van der Waals surface area contributed by atoms with E-state index in [0.29, 0.717) is 251 Å². The number of carbonyl (C=O) groups excluding carboxylic acids is 2. The lowest BCUT2D eigenvalue weighted by molar-refractivity contribution is -0.130. The number of methoxy groups -OCH3 is 4. The van der Waals surface area contributed by atoms with Gasteiger partial charge in [-0.1, -0.05) is 101 Å². The van der Waals surface area contributed by atoms with Crippen LogP contribution in [0, 0.1) is 69.2 Å². The monoisotopic (exact) mass is 1890 g/mol. The lowest BCUT2D eigenvalue weighted by Crippen LogP contribution is -2.13. The molecule has 0 atom stereocenters. The maximum atomic E-state index is 10.6. The Hall–Kier alpha value is -9.36. The fraction of sp³-hybridized carbons (Fsp3) is 0.509. The number of ether oxygens (including phenoxy) is 24. The minimum Gasteiger partial charge on any atom is -0.491 e. The van der Waals surface area contributed by atoms with Gasteiger partial charge < -0.3 is 129 Å². The molecule has 135 heavy (non-hydrogen) atoms. The molecule has 0 bridgehead atoms. The molecule has 2 N–H and O–H groups in total. The van der Waals surface area contributed by atoms with Crippen molar-refractivity contribution in [3.05, 3.63) is 230 Å². The second-order valence-corrected chi connectivity index (χ2v) is 30.9. The minimum absolute atomic E-state index is 0.0324. The van der Waals surface area contributed by atoms with Gasteiger partial charge in [-0.25, -0.2) is 0 Å². The number of aliphatic hydroxyl groups is 2. The van der Waals surface area contributed by atoms with Crippen LogP contribution in [0.5, 0.6) is 23.0 Å². The van der Waals surface area contributed by atoms with Crippen LogP contribution in [0.15, 0.2) is 152 Å². The number of anilines is 3. The highest BCUT2D eigenvalue weighted by atomic mass is 16.6. The number of fused-ring (bicyclic) bond motifs is 2. The summed E-state index contributed by atoms with van der Waals surface area (Å²) in [5.41, 5.74) is 18.8.